The smallest absolute Gasteiger partial charge is 0.179 e. The summed E-state index contributed by atoms with van der Waals surface area (Å²) in [7, 11) is 0. The van der Waals surface area contributed by atoms with Crippen molar-refractivity contribution in [2.24, 2.45) is 0 Å². The lowest BCUT2D eigenvalue weighted by Crippen LogP contribution is -2.02. The molecule has 4 nitrogen and oxygen atoms in total. The van der Waals surface area contributed by atoms with Crippen LogP contribution >= 0.6 is 34.2 Å². The number of hydrogen-bond donors (Lipinski definition) is 0. The Balaban J connectivity index is 2.19. The molecule has 1 aromatic carbocycles. The lowest BCUT2D eigenvalue weighted by Gasteiger charge is -2.09. The first-order valence-electron chi connectivity index (χ1n) is 6.49. The van der Waals surface area contributed by atoms with Crippen molar-refractivity contribution >= 4 is 34.2 Å². The SMILES string of the molecule is CCn1cncc1-c1nc(Cl)c(I)c(-c2ccccc2)n1. The number of aryl methyl sites for hydroxylation is 1. The average molecular weight is 411 g/mol. The van der Waals surface area contributed by atoms with E-state index in [0.29, 0.717) is 11.0 Å². The van der Waals surface area contributed by atoms with Gasteiger partial charge in [0.2, 0.25) is 0 Å². The molecule has 0 fully saturated rings. The van der Waals surface area contributed by atoms with E-state index in [2.05, 4.69) is 39.5 Å². The van der Waals surface area contributed by atoms with Crippen LogP contribution in [0.3, 0.4) is 0 Å². The van der Waals surface area contributed by atoms with Gasteiger partial charge in [0, 0.05) is 12.1 Å². The van der Waals surface area contributed by atoms with Crippen LogP contribution in [0.15, 0.2) is 42.9 Å². The molecule has 0 bridgehead atoms. The highest BCUT2D eigenvalue weighted by atomic mass is 127. The number of aromatic nitrogens is 4. The maximum Gasteiger partial charge on any atom is 0.179 e. The van der Waals surface area contributed by atoms with Crippen molar-refractivity contribution in [1.29, 1.82) is 0 Å². The summed E-state index contributed by atoms with van der Waals surface area (Å²) in [5.41, 5.74) is 2.73. The highest BCUT2D eigenvalue weighted by molar-refractivity contribution is 14.1. The van der Waals surface area contributed by atoms with Crippen molar-refractivity contribution in [1.82, 2.24) is 19.5 Å². The first kappa shape index (κ1) is 14.5. The van der Waals surface area contributed by atoms with Crippen molar-refractivity contribution in [3.8, 4) is 22.8 Å². The second-order valence-electron chi connectivity index (χ2n) is 4.43. The Bertz CT molecular complexity index is 771. The third-order valence-corrected chi connectivity index (χ3v) is 4.75. The second kappa shape index (κ2) is 6.11. The molecule has 0 aliphatic heterocycles. The van der Waals surface area contributed by atoms with Gasteiger partial charge in [0.05, 0.1) is 21.8 Å². The van der Waals surface area contributed by atoms with E-state index in [1.807, 2.05) is 34.9 Å². The molecule has 6 heteroatoms. The van der Waals surface area contributed by atoms with Gasteiger partial charge in [-0.1, -0.05) is 41.9 Å². The number of halogens is 2. The molecule has 3 rings (SSSR count). The predicted molar refractivity (Wildman–Crippen MR) is 92.1 cm³/mol. The predicted octanol–water partition coefficient (Wildman–Crippen LogP) is 4.29. The molecule has 0 saturated carbocycles. The number of hydrogen-bond acceptors (Lipinski definition) is 3. The minimum Gasteiger partial charge on any atom is -0.328 e. The van der Waals surface area contributed by atoms with E-state index in [1.165, 1.54) is 0 Å². The van der Waals surface area contributed by atoms with Crippen LogP contribution in [-0.4, -0.2) is 19.5 Å². The fraction of sp³-hybridized carbons (Fsp3) is 0.133. The molecule has 0 amide bonds. The van der Waals surface area contributed by atoms with Crippen LogP contribution in [0, 0.1) is 3.57 Å². The molecule has 106 valence electrons. The van der Waals surface area contributed by atoms with E-state index in [-0.39, 0.29) is 0 Å². The van der Waals surface area contributed by atoms with Crippen LogP contribution in [0.1, 0.15) is 6.92 Å². The normalized spacial score (nSPS) is 10.8. The zero-order valence-electron chi connectivity index (χ0n) is 11.3. The first-order valence-corrected chi connectivity index (χ1v) is 7.95. The Morgan fingerprint density at radius 1 is 1.19 bits per heavy atom. The van der Waals surface area contributed by atoms with Gasteiger partial charge in [-0.15, -0.1) is 0 Å². The molecule has 0 radical (unpaired) electrons. The van der Waals surface area contributed by atoms with Crippen LogP contribution in [0.4, 0.5) is 0 Å². The molecule has 3 aromatic rings. The summed E-state index contributed by atoms with van der Waals surface area (Å²) in [6, 6.07) is 9.98. The van der Waals surface area contributed by atoms with Gasteiger partial charge in [-0.3, -0.25) is 0 Å². The fourth-order valence-corrected chi connectivity index (χ4v) is 2.80. The monoisotopic (exact) mass is 410 g/mol. The molecule has 2 aromatic heterocycles. The average Bonchev–Trinajstić information content (AvgIpc) is 2.99. The summed E-state index contributed by atoms with van der Waals surface area (Å²) in [6.45, 7) is 2.86. The molecular weight excluding hydrogens is 399 g/mol. The van der Waals surface area contributed by atoms with Crippen molar-refractivity contribution in [3.05, 3.63) is 51.6 Å². The zero-order chi connectivity index (χ0) is 14.8. The Kier molecular flexibility index (Phi) is 4.21. The van der Waals surface area contributed by atoms with Crippen LogP contribution in [-0.2, 0) is 6.54 Å². The maximum absolute atomic E-state index is 6.29. The van der Waals surface area contributed by atoms with Crippen molar-refractivity contribution in [2.45, 2.75) is 13.5 Å². The second-order valence-corrected chi connectivity index (χ2v) is 5.87. The quantitative estimate of drug-likeness (QED) is 0.478. The number of nitrogens with zero attached hydrogens (tertiary/aromatic N) is 4. The Morgan fingerprint density at radius 2 is 1.95 bits per heavy atom. The fourth-order valence-electron chi connectivity index (χ4n) is 2.08. The van der Waals surface area contributed by atoms with Crippen molar-refractivity contribution in [2.75, 3.05) is 0 Å². The van der Waals surface area contributed by atoms with E-state index < -0.39 is 0 Å². The van der Waals surface area contributed by atoms with Crippen LogP contribution in [0.5, 0.6) is 0 Å². The summed E-state index contributed by atoms with van der Waals surface area (Å²) in [5.74, 6) is 0.596. The Labute approximate surface area is 141 Å². The first-order chi connectivity index (χ1) is 10.2. The molecule has 0 unspecified atom stereocenters. The van der Waals surface area contributed by atoms with Gasteiger partial charge in [0.15, 0.2) is 5.82 Å². The van der Waals surface area contributed by atoms with Crippen LogP contribution < -0.4 is 0 Å². The third kappa shape index (κ3) is 2.80. The molecule has 0 aliphatic rings. The molecule has 21 heavy (non-hydrogen) atoms. The van der Waals surface area contributed by atoms with E-state index in [1.54, 1.807) is 12.5 Å². The highest BCUT2D eigenvalue weighted by Crippen LogP contribution is 2.30. The molecule has 0 spiro atoms. The van der Waals surface area contributed by atoms with Crippen molar-refractivity contribution < 1.29 is 0 Å². The summed E-state index contributed by atoms with van der Waals surface area (Å²) in [5, 5.41) is 0.461. The largest absolute Gasteiger partial charge is 0.328 e. The van der Waals surface area contributed by atoms with Gasteiger partial charge in [-0.25, -0.2) is 15.0 Å². The summed E-state index contributed by atoms with van der Waals surface area (Å²) in [4.78, 5) is 13.2. The molecule has 2 heterocycles. The molecule has 0 saturated heterocycles. The van der Waals surface area contributed by atoms with Gasteiger partial charge < -0.3 is 4.57 Å². The van der Waals surface area contributed by atoms with Crippen LogP contribution in [0.2, 0.25) is 5.15 Å². The lowest BCUT2D eigenvalue weighted by molar-refractivity contribution is 0.763. The van der Waals surface area contributed by atoms with E-state index in [0.717, 1.165) is 27.1 Å². The topological polar surface area (TPSA) is 43.6 Å². The molecular formula is C15H12ClIN4. The minimum absolute atomic E-state index is 0.461. The van der Waals surface area contributed by atoms with Gasteiger partial charge in [-0.2, -0.15) is 0 Å². The summed E-state index contributed by atoms with van der Waals surface area (Å²) < 4.78 is 2.85. The third-order valence-electron chi connectivity index (χ3n) is 3.14. The van der Waals surface area contributed by atoms with Gasteiger partial charge >= 0.3 is 0 Å². The van der Waals surface area contributed by atoms with E-state index >= 15 is 0 Å². The van der Waals surface area contributed by atoms with Gasteiger partial charge in [0.1, 0.15) is 10.8 Å². The number of benzene rings is 1. The summed E-state index contributed by atoms with van der Waals surface area (Å²) in [6.07, 6.45) is 3.53. The number of imidazole rings is 1. The lowest BCUT2D eigenvalue weighted by atomic mass is 10.1. The van der Waals surface area contributed by atoms with Gasteiger partial charge in [-0.05, 0) is 29.5 Å². The minimum atomic E-state index is 0.461. The highest BCUT2D eigenvalue weighted by Gasteiger charge is 2.15. The van der Waals surface area contributed by atoms with E-state index in [4.69, 9.17) is 16.6 Å². The van der Waals surface area contributed by atoms with Gasteiger partial charge in [0.25, 0.3) is 0 Å². The molecule has 0 N–H and O–H groups in total. The summed E-state index contributed by atoms with van der Waals surface area (Å²) >= 11 is 8.47. The van der Waals surface area contributed by atoms with Crippen molar-refractivity contribution in [3.63, 3.8) is 0 Å². The standard InChI is InChI=1S/C15H12ClIN4/c1-2-21-9-18-8-11(21)15-19-13(12(17)14(16)20-15)10-6-4-3-5-7-10/h3-9H,2H2,1H3. The molecule has 0 atom stereocenters. The molecule has 0 aliphatic carbocycles. The van der Waals surface area contributed by atoms with Crippen LogP contribution in [0.25, 0.3) is 22.8 Å². The zero-order valence-corrected chi connectivity index (χ0v) is 14.2. The Hall–Kier alpha value is -1.47. The maximum atomic E-state index is 6.29. The number of rotatable bonds is 3. The van der Waals surface area contributed by atoms with E-state index in [9.17, 15) is 0 Å². The Morgan fingerprint density at radius 3 is 2.67 bits per heavy atom.